The highest BCUT2D eigenvalue weighted by molar-refractivity contribution is 7.98. The first kappa shape index (κ1) is 23.4. The highest BCUT2D eigenvalue weighted by atomic mass is 32.2. The molecule has 0 atom stereocenters. The van der Waals surface area contributed by atoms with E-state index in [0.717, 1.165) is 38.7 Å². The molecule has 0 radical (unpaired) electrons. The van der Waals surface area contributed by atoms with Gasteiger partial charge in [-0.15, -0.1) is 11.8 Å². The van der Waals surface area contributed by atoms with E-state index in [0.29, 0.717) is 11.1 Å². The summed E-state index contributed by atoms with van der Waals surface area (Å²) in [7, 11) is 0. The second kappa shape index (κ2) is 9.01. The number of thioether (sulfide) groups is 1. The van der Waals surface area contributed by atoms with E-state index in [1.54, 1.807) is 11.8 Å². The van der Waals surface area contributed by atoms with E-state index in [2.05, 4.69) is 58.2 Å². The van der Waals surface area contributed by atoms with Crippen LogP contribution in [0.2, 0.25) is 0 Å². The fraction of sp³-hybridized carbons (Fsp3) is 0.226. The van der Waals surface area contributed by atoms with Crippen LogP contribution in [0.25, 0.3) is 21.9 Å². The maximum Gasteiger partial charge on any atom is 0.266 e. The van der Waals surface area contributed by atoms with Crippen LogP contribution in [0, 0.1) is 0 Å². The van der Waals surface area contributed by atoms with E-state index in [4.69, 9.17) is 0 Å². The largest absolute Gasteiger partial charge is 0.268 e. The number of hydrogen-bond donors (Lipinski definition) is 0. The minimum atomic E-state index is -0.252. The fourth-order valence-electron chi connectivity index (χ4n) is 5.09. The van der Waals surface area contributed by atoms with Crippen LogP contribution in [-0.4, -0.2) is 18.1 Å². The zero-order valence-electron chi connectivity index (χ0n) is 20.8. The third-order valence-corrected chi connectivity index (χ3v) is 7.62. The van der Waals surface area contributed by atoms with Crippen molar-refractivity contribution >= 4 is 40.0 Å². The molecular weight excluding hydrogens is 450 g/mol. The lowest BCUT2D eigenvalue weighted by atomic mass is 9.87. The smallest absolute Gasteiger partial charge is 0.266 e. The molecule has 0 spiro atoms. The number of rotatable bonds is 5. The van der Waals surface area contributed by atoms with Gasteiger partial charge in [0.25, 0.3) is 11.8 Å². The third kappa shape index (κ3) is 3.77. The molecule has 0 unspecified atom stereocenters. The van der Waals surface area contributed by atoms with Crippen LogP contribution >= 0.6 is 11.8 Å². The number of benzene rings is 4. The molecule has 4 aromatic rings. The van der Waals surface area contributed by atoms with Crippen molar-refractivity contribution in [1.82, 2.24) is 0 Å². The van der Waals surface area contributed by atoms with Crippen LogP contribution in [0.3, 0.4) is 0 Å². The van der Waals surface area contributed by atoms with Gasteiger partial charge in [0.05, 0.1) is 5.69 Å². The number of nitrogens with zero attached hydrogens (tertiary/aromatic N) is 1. The summed E-state index contributed by atoms with van der Waals surface area (Å²) >= 11 is 1.70. The molecule has 4 aromatic carbocycles. The van der Waals surface area contributed by atoms with Crippen LogP contribution in [0.5, 0.6) is 0 Å². The van der Waals surface area contributed by atoms with Gasteiger partial charge in [-0.25, -0.2) is 4.90 Å². The Balaban J connectivity index is 1.73. The predicted molar refractivity (Wildman–Crippen MR) is 147 cm³/mol. The molecular formula is C31H29NO2S. The lowest BCUT2D eigenvalue weighted by Gasteiger charge is -2.32. The summed E-state index contributed by atoms with van der Waals surface area (Å²) in [4.78, 5) is 30.6. The molecule has 0 aromatic heterocycles. The van der Waals surface area contributed by atoms with Gasteiger partial charge in [-0.1, -0.05) is 76.2 Å². The van der Waals surface area contributed by atoms with Crippen LogP contribution in [0.15, 0.2) is 77.7 Å². The van der Waals surface area contributed by atoms with Gasteiger partial charge in [-0.05, 0) is 70.0 Å². The lowest BCUT2D eigenvalue weighted by Crippen LogP contribution is -2.41. The number of carbonyl (C=O) groups excluding carboxylic acids is 2. The van der Waals surface area contributed by atoms with E-state index in [-0.39, 0.29) is 23.7 Å². The Kier molecular flexibility index (Phi) is 6.02. The molecule has 0 saturated heterocycles. The highest BCUT2D eigenvalue weighted by Crippen LogP contribution is 2.42. The van der Waals surface area contributed by atoms with Gasteiger partial charge in [0.15, 0.2) is 0 Å². The topological polar surface area (TPSA) is 37.4 Å². The van der Waals surface area contributed by atoms with Gasteiger partial charge < -0.3 is 0 Å². The predicted octanol–water partition coefficient (Wildman–Crippen LogP) is 8.28. The molecule has 0 N–H and O–H groups in total. The summed E-state index contributed by atoms with van der Waals surface area (Å²) in [5, 5.41) is 1.68. The SMILES string of the molecule is CSc1ccc(-c2ccc3c4c(cccc24)C(=O)N(c2c(C(C)C)cccc2C(C)C)C3=O)cc1. The first-order valence-electron chi connectivity index (χ1n) is 12.0. The van der Waals surface area contributed by atoms with Gasteiger partial charge in [-0.3, -0.25) is 9.59 Å². The lowest BCUT2D eigenvalue weighted by molar-refractivity contribution is 0.0893. The van der Waals surface area contributed by atoms with Gasteiger partial charge >= 0.3 is 0 Å². The second-order valence-corrected chi connectivity index (χ2v) is 10.5. The zero-order valence-corrected chi connectivity index (χ0v) is 21.6. The van der Waals surface area contributed by atoms with E-state index >= 15 is 0 Å². The number of carbonyl (C=O) groups is 2. The first-order chi connectivity index (χ1) is 16.8. The number of hydrogen-bond acceptors (Lipinski definition) is 3. The standard InChI is InChI=1S/C31H29NO2S/c1-18(2)22-8-6-9-23(19(3)4)29(22)32-30(33)26-11-7-10-25-24(16-17-27(28(25)26)31(32)34)20-12-14-21(35-5)15-13-20/h6-19H,1-5H3. The van der Waals surface area contributed by atoms with Gasteiger partial charge in [-0.2, -0.15) is 0 Å². The summed E-state index contributed by atoms with van der Waals surface area (Å²) in [6, 6.07) is 24.2. The molecule has 0 fully saturated rings. The Morgan fingerprint density at radius 2 is 1.20 bits per heavy atom. The van der Waals surface area contributed by atoms with E-state index in [9.17, 15) is 9.59 Å². The number of amides is 2. The Labute approximate surface area is 211 Å². The maximum absolute atomic E-state index is 14.0. The molecule has 5 rings (SSSR count). The number of anilines is 1. The summed E-state index contributed by atoms with van der Waals surface area (Å²) in [6.45, 7) is 8.41. The van der Waals surface area contributed by atoms with Crippen LogP contribution < -0.4 is 4.90 Å². The summed E-state index contributed by atoms with van der Waals surface area (Å²) in [5.74, 6) is -0.155. The zero-order chi connectivity index (χ0) is 24.9. The third-order valence-electron chi connectivity index (χ3n) is 6.87. The molecule has 0 aliphatic carbocycles. The molecule has 35 heavy (non-hydrogen) atoms. The highest BCUT2D eigenvalue weighted by Gasteiger charge is 2.37. The van der Waals surface area contributed by atoms with Crippen molar-refractivity contribution in [2.24, 2.45) is 0 Å². The Hall–Kier alpha value is -3.37. The molecule has 1 heterocycles. The Morgan fingerprint density at radius 3 is 1.77 bits per heavy atom. The molecule has 0 bridgehead atoms. The molecule has 2 amide bonds. The van der Waals surface area contributed by atoms with E-state index in [1.807, 2.05) is 48.5 Å². The molecule has 176 valence electrons. The molecule has 1 aliphatic heterocycles. The average Bonchev–Trinajstić information content (AvgIpc) is 2.87. The number of imide groups is 1. The summed E-state index contributed by atoms with van der Waals surface area (Å²) in [5.41, 5.74) is 6.02. The summed E-state index contributed by atoms with van der Waals surface area (Å²) < 4.78 is 0. The maximum atomic E-state index is 14.0. The molecule has 4 heteroatoms. The average molecular weight is 480 g/mol. The van der Waals surface area contributed by atoms with Crippen molar-refractivity contribution in [2.75, 3.05) is 11.2 Å². The molecule has 3 nitrogen and oxygen atoms in total. The van der Waals surface area contributed by atoms with Crippen LogP contribution in [0.1, 0.15) is 71.4 Å². The van der Waals surface area contributed by atoms with Gasteiger partial charge in [0, 0.05) is 21.4 Å². The van der Waals surface area contributed by atoms with E-state index in [1.165, 1.54) is 9.80 Å². The van der Waals surface area contributed by atoms with Crippen molar-refractivity contribution in [3.63, 3.8) is 0 Å². The summed E-state index contributed by atoms with van der Waals surface area (Å²) in [6.07, 6.45) is 2.06. The van der Waals surface area contributed by atoms with Crippen LogP contribution in [-0.2, 0) is 0 Å². The first-order valence-corrected chi connectivity index (χ1v) is 13.3. The monoisotopic (exact) mass is 479 g/mol. The van der Waals surface area contributed by atoms with Crippen molar-refractivity contribution < 1.29 is 9.59 Å². The van der Waals surface area contributed by atoms with Gasteiger partial charge in [0.1, 0.15) is 0 Å². The normalized spacial score (nSPS) is 13.4. The van der Waals surface area contributed by atoms with Gasteiger partial charge in [0.2, 0.25) is 0 Å². The van der Waals surface area contributed by atoms with E-state index < -0.39 is 0 Å². The minimum absolute atomic E-state index is 0.174. The van der Waals surface area contributed by atoms with Crippen molar-refractivity contribution in [2.45, 2.75) is 44.4 Å². The van der Waals surface area contributed by atoms with Crippen molar-refractivity contribution in [3.05, 3.63) is 95.1 Å². The van der Waals surface area contributed by atoms with Crippen molar-refractivity contribution in [3.8, 4) is 11.1 Å². The van der Waals surface area contributed by atoms with Crippen molar-refractivity contribution in [1.29, 1.82) is 0 Å². The Morgan fingerprint density at radius 1 is 0.657 bits per heavy atom. The van der Waals surface area contributed by atoms with Crippen LogP contribution in [0.4, 0.5) is 5.69 Å². The Bertz CT molecular complexity index is 1420. The minimum Gasteiger partial charge on any atom is -0.268 e. The fourth-order valence-corrected chi connectivity index (χ4v) is 5.50. The molecule has 0 saturated carbocycles. The molecule has 1 aliphatic rings. The quantitative estimate of drug-likeness (QED) is 0.213. The second-order valence-electron chi connectivity index (χ2n) is 9.66. The number of para-hydroxylation sites is 1.